The molecule has 7 nitrogen and oxygen atoms in total. The predicted molar refractivity (Wildman–Crippen MR) is 122 cm³/mol. The number of anilines is 1. The Balaban J connectivity index is 1.22. The highest BCUT2D eigenvalue weighted by molar-refractivity contribution is 5.91. The van der Waals surface area contributed by atoms with E-state index in [0.29, 0.717) is 29.4 Å². The molecule has 1 N–H and O–H groups in total. The van der Waals surface area contributed by atoms with Crippen LogP contribution < -0.4 is 5.32 Å². The molecule has 3 aromatic heterocycles. The molecule has 0 aliphatic heterocycles. The summed E-state index contributed by atoms with van der Waals surface area (Å²) in [4.78, 5) is 24.7. The van der Waals surface area contributed by atoms with Crippen LogP contribution >= 0.6 is 0 Å². The molecule has 0 radical (unpaired) electrons. The highest BCUT2D eigenvalue weighted by atomic mass is 19.4. The number of rotatable bonds is 7. The maximum Gasteiger partial charge on any atom is 0.416 e. The summed E-state index contributed by atoms with van der Waals surface area (Å²) in [6.45, 7) is 0. The molecule has 3 heterocycles. The van der Waals surface area contributed by atoms with Gasteiger partial charge in [-0.15, -0.1) is 0 Å². The molecule has 5 rings (SSSR count). The predicted octanol–water partition coefficient (Wildman–Crippen LogP) is 5.00. The summed E-state index contributed by atoms with van der Waals surface area (Å²) in [5.41, 5.74) is 1.31. The van der Waals surface area contributed by atoms with Crippen LogP contribution in [0.5, 0.6) is 0 Å². The van der Waals surface area contributed by atoms with E-state index in [9.17, 15) is 22.4 Å². The minimum Gasteiger partial charge on any atom is -0.310 e. The van der Waals surface area contributed by atoms with Crippen LogP contribution in [0.2, 0.25) is 0 Å². The Morgan fingerprint density at radius 3 is 2.50 bits per heavy atom. The van der Waals surface area contributed by atoms with Gasteiger partial charge in [0.25, 0.3) is 0 Å². The number of pyridine rings is 1. The highest BCUT2D eigenvalue weighted by Gasteiger charge is 2.31. The molecule has 4 aromatic rings. The average Bonchev–Trinajstić information content (AvgIpc) is 3.59. The molecular formula is C25H20F4N6O. The second kappa shape index (κ2) is 9.48. The maximum atomic E-state index is 14.7. The quantitative estimate of drug-likeness (QED) is 0.364. The minimum absolute atomic E-state index is 0.0911. The maximum absolute atomic E-state index is 14.7. The lowest BCUT2D eigenvalue weighted by Crippen LogP contribution is -2.17. The van der Waals surface area contributed by atoms with E-state index in [1.165, 1.54) is 12.1 Å². The summed E-state index contributed by atoms with van der Waals surface area (Å²) in [6, 6.07) is 6.37. The van der Waals surface area contributed by atoms with Crippen molar-refractivity contribution in [1.82, 2.24) is 24.7 Å². The van der Waals surface area contributed by atoms with Crippen LogP contribution in [-0.4, -0.2) is 30.6 Å². The number of amides is 1. The van der Waals surface area contributed by atoms with E-state index < -0.39 is 23.5 Å². The molecule has 0 unspecified atom stereocenters. The molecule has 1 amide bonds. The van der Waals surface area contributed by atoms with Gasteiger partial charge in [0.1, 0.15) is 17.5 Å². The zero-order valence-corrected chi connectivity index (χ0v) is 18.8. The lowest BCUT2D eigenvalue weighted by Gasteiger charge is -2.10. The van der Waals surface area contributed by atoms with E-state index in [4.69, 9.17) is 0 Å². The van der Waals surface area contributed by atoms with Crippen molar-refractivity contribution in [2.45, 2.75) is 37.9 Å². The Labute approximate surface area is 203 Å². The van der Waals surface area contributed by atoms with Crippen LogP contribution in [0.3, 0.4) is 0 Å². The topological polar surface area (TPSA) is 85.6 Å². The van der Waals surface area contributed by atoms with Crippen molar-refractivity contribution in [3.63, 3.8) is 0 Å². The monoisotopic (exact) mass is 496 g/mol. The Hall–Kier alpha value is -4.15. The van der Waals surface area contributed by atoms with Crippen molar-refractivity contribution >= 4 is 11.7 Å². The number of alkyl halides is 3. The van der Waals surface area contributed by atoms with Gasteiger partial charge in [-0.1, -0.05) is 12.1 Å². The van der Waals surface area contributed by atoms with Crippen molar-refractivity contribution in [1.29, 1.82) is 0 Å². The summed E-state index contributed by atoms with van der Waals surface area (Å²) in [7, 11) is 0. The third-order valence-corrected chi connectivity index (χ3v) is 5.74. The Morgan fingerprint density at radius 1 is 1.03 bits per heavy atom. The average molecular weight is 496 g/mol. The number of halogens is 4. The normalized spacial score (nSPS) is 13.6. The van der Waals surface area contributed by atoms with E-state index >= 15 is 0 Å². The standard InChI is InChI=1S/C25H20F4N6O/c26-21-8-16(18-12-31-22(32-13-18)7-15-11-33-35(14-15)20-3-4-20)1-2-17(21)9-24(36)34-23-10-19(5-6-30-23)25(27,28)29/h1-2,5-6,8,10-14,20H,3-4,7,9H2,(H,30,34,36). The van der Waals surface area contributed by atoms with E-state index in [1.54, 1.807) is 18.5 Å². The van der Waals surface area contributed by atoms with E-state index in [2.05, 4.69) is 25.4 Å². The fourth-order valence-corrected chi connectivity index (χ4v) is 3.69. The summed E-state index contributed by atoms with van der Waals surface area (Å²) in [5.74, 6) is -0.961. The van der Waals surface area contributed by atoms with Gasteiger partial charge in [-0.2, -0.15) is 18.3 Å². The summed E-state index contributed by atoms with van der Waals surface area (Å²) < 4.78 is 55.2. The van der Waals surface area contributed by atoms with Crippen LogP contribution in [-0.2, 0) is 23.8 Å². The second-order valence-corrected chi connectivity index (χ2v) is 8.58. The van der Waals surface area contributed by atoms with Crippen LogP contribution in [0.4, 0.5) is 23.4 Å². The van der Waals surface area contributed by atoms with Crippen molar-refractivity contribution in [2.24, 2.45) is 0 Å². The van der Waals surface area contributed by atoms with Crippen molar-refractivity contribution in [3.8, 4) is 11.1 Å². The first-order valence-corrected chi connectivity index (χ1v) is 11.2. The number of benzene rings is 1. The second-order valence-electron chi connectivity index (χ2n) is 8.58. The van der Waals surface area contributed by atoms with Gasteiger partial charge in [-0.3, -0.25) is 9.48 Å². The molecule has 0 saturated heterocycles. The number of carbonyl (C=O) groups excluding carboxylic acids is 1. The number of nitrogens with one attached hydrogen (secondary N) is 1. The first-order chi connectivity index (χ1) is 17.2. The Morgan fingerprint density at radius 2 is 1.81 bits per heavy atom. The van der Waals surface area contributed by atoms with Crippen molar-refractivity contribution in [3.05, 3.63) is 89.6 Å². The van der Waals surface area contributed by atoms with Gasteiger partial charge in [0.2, 0.25) is 5.91 Å². The van der Waals surface area contributed by atoms with Crippen LogP contribution in [0.25, 0.3) is 11.1 Å². The third kappa shape index (κ3) is 5.56. The number of nitrogens with zero attached hydrogens (tertiary/aromatic N) is 5. The van der Waals surface area contributed by atoms with Gasteiger partial charge in [0.05, 0.1) is 24.2 Å². The highest BCUT2D eigenvalue weighted by Crippen LogP contribution is 2.34. The molecule has 1 saturated carbocycles. The number of hydrogen-bond donors (Lipinski definition) is 1. The molecule has 0 bridgehead atoms. The minimum atomic E-state index is -4.56. The molecular weight excluding hydrogens is 476 g/mol. The molecule has 0 atom stereocenters. The smallest absolute Gasteiger partial charge is 0.310 e. The number of hydrogen-bond acceptors (Lipinski definition) is 5. The lowest BCUT2D eigenvalue weighted by atomic mass is 10.0. The molecule has 11 heteroatoms. The van der Waals surface area contributed by atoms with Gasteiger partial charge in [0.15, 0.2) is 0 Å². The third-order valence-electron chi connectivity index (χ3n) is 5.74. The molecule has 1 aliphatic carbocycles. The summed E-state index contributed by atoms with van der Waals surface area (Å²) in [6.07, 6.45) is 5.88. The first-order valence-electron chi connectivity index (χ1n) is 11.2. The van der Waals surface area contributed by atoms with Crippen LogP contribution in [0, 0.1) is 5.82 Å². The van der Waals surface area contributed by atoms with Gasteiger partial charge < -0.3 is 5.32 Å². The Bertz CT molecular complexity index is 1400. The zero-order chi connectivity index (χ0) is 25.3. The first kappa shape index (κ1) is 23.6. The number of carbonyl (C=O) groups is 1. The molecule has 1 fully saturated rings. The lowest BCUT2D eigenvalue weighted by molar-refractivity contribution is -0.137. The van der Waals surface area contributed by atoms with E-state index in [0.717, 1.165) is 36.7 Å². The molecule has 1 aliphatic rings. The Kier molecular flexibility index (Phi) is 6.21. The van der Waals surface area contributed by atoms with Crippen LogP contribution in [0.15, 0.2) is 61.3 Å². The molecule has 184 valence electrons. The van der Waals surface area contributed by atoms with Gasteiger partial charge in [-0.05, 0) is 47.7 Å². The summed E-state index contributed by atoms with van der Waals surface area (Å²) in [5, 5.41) is 6.63. The van der Waals surface area contributed by atoms with Crippen molar-refractivity contribution < 1.29 is 22.4 Å². The fraction of sp³-hybridized carbons (Fsp3) is 0.240. The molecule has 1 aromatic carbocycles. The van der Waals surface area contributed by atoms with Gasteiger partial charge >= 0.3 is 6.18 Å². The number of aromatic nitrogens is 5. The SMILES string of the molecule is O=C(Cc1ccc(-c2cnc(Cc3cnn(C4CC4)c3)nc2)cc1F)Nc1cc(C(F)(F)F)ccn1. The van der Waals surface area contributed by atoms with Gasteiger partial charge in [-0.25, -0.2) is 19.3 Å². The fourth-order valence-electron chi connectivity index (χ4n) is 3.69. The zero-order valence-electron chi connectivity index (χ0n) is 18.8. The van der Waals surface area contributed by atoms with E-state index in [1.807, 2.05) is 17.1 Å². The molecule has 0 spiro atoms. The largest absolute Gasteiger partial charge is 0.416 e. The van der Waals surface area contributed by atoms with E-state index in [-0.39, 0.29) is 17.8 Å². The molecule has 36 heavy (non-hydrogen) atoms. The summed E-state index contributed by atoms with van der Waals surface area (Å²) >= 11 is 0. The van der Waals surface area contributed by atoms with Crippen LogP contribution in [0.1, 0.15) is 41.4 Å². The van der Waals surface area contributed by atoms with Gasteiger partial charge in [0, 0.05) is 36.8 Å². The van der Waals surface area contributed by atoms with Crippen molar-refractivity contribution in [2.75, 3.05) is 5.32 Å².